The predicted octanol–water partition coefficient (Wildman–Crippen LogP) is 0.710. The zero-order valence-corrected chi connectivity index (χ0v) is 11.3. The summed E-state index contributed by atoms with van der Waals surface area (Å²) in [6, 6.07) is 1.84. The van der Waals surface area contributed by atoms with Crippen LogP contribution in [0.2, 0.25) is 0 Å². The first-order valence-electron chi connectivity index (χ1n) is 6.07. The van der Waals surface area contributed by atoms with E-state index in [4.69, 9.17) is 5.73 Å². The lowest BCUT2D eigenvalue weighted by Gasteiger charge is -2.12. The lowest BCUT2D eigenvalue weighted by atomic mass is 10.3. The van der Waals surface area contributed by atoms with E-state index in [1.165, 1.54) is 0 Å². The second-order valence-corrected chi connectivity index (χ2v) is 4.68. The van der Waals surface area contributed by atoms with E-state index in [0.717, 1.165) is 0 Å². The van der Waals surface area contributed by atoms with Gasteiger partial charge in [-0.25, -0.2) is 4.98 Å². The van der Waals surface area contributed by atoms with Crippen LogP contribution in [0.15, 0.2) is 18.6 Å². The molecule has 0 aliphatic carbocycles. The summed E-state index contributed by atoms with van der Waals surface area (Å²) in [5.41, 5.74) is 6.86. The molecule has 0 saturated heterocycles. The topological polar surface area (TPSA) is 90.8 Å². The zero-order valence-electron chi connectivity index (χ0n) is 11.3. The molecule has 0 unspecified atom stereocenters. The first-order valence-corrected chi connectivity index (χ1v) is 6.07. The Hall–Kier alpha value is -2.31. The number of carbonyl (C=O) groups is 1. The van der Waals surface area contributed by atoms with Crippen LogP contribution in [0.3, 0.4) is 0 Å². The molecule has 0 fully saturated rings. The second-order valence-electron chi connectivity index (χ2n) is 4.68. The van der Waals surface area contributed by atoms with Crippen LogP contribution in [0, 0.1) is 0 Å². The SMILES string of the molecule is CC(C)n1cc(N)cc1C(=O)NCc1ncn(C)n1. The molecule has 2 heterocycles. The molecule has 0 saturated carbocycles. The molecular weight excluding hydrogens is 244 g/mol. The van der Waals surface area contributed by atoms with E-state index in [9.17, 15) is 4.79 Å². The molecule has 2 rings (SSSR count). The number of anilines is 1. The third kappa shape index (κ3) is 2.93. The molecule has 0 aliphatic heterocycles. The molecule has 1 amide bonds. The van der Waals surface area contributed by atoms with Gasteiger partial charge in [-0.2, -0.15) is 5.10 Å². The summed E-state index contributed by atoms with van der Waals surface area (Å²) in [7, 11) is 1.78. The molecule has 102 valence electrons. The Morgan fingerprint density at radius 2 is 2.26 bits per heavy atom. The quantitative estimate of drug-likeness (QED) is 0.849. The van der Waals surface area contributed by atoms with E-state index >= 15 is 0 Å². The summed E-state index contributed by atoms with van der Waals surface area (Å²) >= 11 is 0. The first-order chi connectivity index (χ1) is 8.97. The Bertz CT molecular complexity index is 583. The molecule has 2 aromatic rings. The number of nitrogens with zero attached hydrogens (tertiary/aromatic N) is 4. The number of amides is 1. The fourth-order valence-electron chi connectivity index (χ4n) is 1.82. The highest BCUT2D eigenvalue weighted by atomic mass is 16.1. The number of nitrogen functional groups attached to an aromatic ring is 1. The smallest absolute Gasteiger partial charge is 0.268 e. The van der Waals surface area contributed by atoms with Gasteiger partial charge in [0.2, 0.25) is 0 Å². The molecule has 2 aromatic heterocycles. The van der Waals surface area contributed by atoms with E-state index in [1.54, 1.807) is 30.3 Å². The van der Waals surface area contributed by atoms with Crippen molar-refractivity contribution in [1.29, 1.82) is 0 Å². The van der Waals surface area contributed by atoms with Crippen LogP contribution in [0.1, 0.15) is 36.2 Å². The fourth-order valence-corrected chi connectivity index (χ4v) is 1.82. The van der Waals surface area contributed by atoms with Crippen molar-refractivity contribution in [3.63, 3.8) is 0 Å². The standard InChI is InChI=1S/C12H18N6O/c1-8(2)18-6-9(13)4-10(18)12(19)14-5-11-15-7-17(3)16-11/h4,6-8H,5,13H2,1-3H3,(H,14,19). The maximum absolute atomic E-state index is 12.1. The van der Waals surface area contributed by atoms with E-state index in [1.807, 2.05) is 18.4 Å². The number of carbonyl (C=O) groups excluding carboxylic acids is 1. The Kier molecular flexibility index (Phi) is 3.55. The lowest BCUT2D eigenvalue weighted by molar-refractivity contribution is 0.0939. The van der Waals surface area contributed by atoms with Crippen LogP contribution in [0.4, 0.5) is 5.69 Å². The van der Waals surface area contributed by atoms with Gasteiger partial charge in [-0.05, 0) is 19.9 Å². The molecule has 0 bridgehead atoms. The maximum Gasteiger partial charge on any atom is 0.268 e. The van der Waals surface area contributed by atoms with Crippen molar-refractivity contribution < 1.29 is 4.79 Å². The highest BCUT2D eigenvalue weighted by molar-refractivity contribution is 5.93. The minimum atomic E-state index is -0.183. The average molecular weight is 262 g/mol. The van der Waals surface area contributed by atoms with E-state index in [0.29, 0.717) is 23.8 Å². The number of rotatable bonds is 4. The van der Waals surface area contributed by atoms with Gasteiger partial charge in [-0.15, -0.1) is 0 Å². The average Bonchev–Trinajstić information content (AvgIpc) is 2.92. The van der Waals surface area contributed by atoms with Crippen molar-refractivity contribution in [2.75, 3.05) is 5.73 Å². The van der Waals surface area contributed by atoms with Gasteiger partial charge in [0.1, 0.15) is 12.0 Å². The van der Waals surface area contributed by atoms with Crippen LogP contribution < -0.4 is 11.1 Å². The molecule has 0 radical (unpaired) electrons. The highest BCUT2D eigenvalue weighted by Crippen LogP contribution is 2.16. The van der Waals surface area contributed by atoms with Crippen LogP contribution >= 0.6 is 0 Å². The maximum atomic E-state index is 12.1. The van der Waals surface area contributed by atoms with Crippen molar-refractivity contribution in [1.82, 2.24) is 24.6 Å². The molecule has 7 heteroatoms. The predicted molar refractivity (Wildman–Crippen MR) is 71.4 cm³/mol. The number of hydrogen-bond donors (Lipinski definition) is 2. The van der Waals surface area contributed by atoms with Crippen molar-refractivity contribution in [2.45, 2.75) is 26.4 Å². The summed E-state index contributed by atoms with van der Waals surface area (Å²) in [6.07, 6.45) is 3.36. The van der Waals surface area contributed by atoms with E-state index < -0.39 is 0 Å². The Labute approximate surface area is 111 Å². The number of nitrogens with two attached hydrogens (primary N) is 1. The van der Waals surface area contributed by atoms with Crippen LogP contribution in [0.5, 0.6) is 0 Å². The number of aryl methyl sites for hydroxylation is 1. The van der Waals surface area contributed by atoms with E-state index in [-0.39, 0.29) is 11.9 Å². The lowest BCUT2D eigenvalue weighted by Crippen LogP contribution is -2.26. The van der Waals surface area contributed by atoms with Gasteiger partial charge >= 0.3 is 0 Å². The summed E-state index contributed by atoms with van der Waals surface area (Å²) in [5, 5.41) is 6.88. The third-order valence-corrected chi connectivity index (χ3v) is 2.71. The van der Waals surface area contributed by atoms with Gasteiger partial charge in [0, 0.05) is 19.3 Å². The Balaban J connectivity index is 2.07. The normalized spacial score (nSPS) is 10.9. The number of aromatic nitrogens is 4. The summed E-state index contributed by atoms with van der Waals surface area (Å²) in [6.45, 7) is 4.29. The van der Waals surface area contributed by atoms with Crippen molar-refractivity contribution in [2.24, 2.45) is 7.05 Å². The van der Waals surface area contributed by atoms with Crippen LogP contribution in [0.25, 0.3) is 0 Å². The highest BCUT2D eigenvalue weighted by Gasteiger charge is 2.15. The van der Waals surface area contributed by atoms with Gasteiger partial charge in [0.05, 0.1) is 12.2 Å². The monoisotopic (exact) mass is 262 g/mol. The van der Waals surface area contributed by atoms with Crippen molar-refractivity contribution in [3.8, 4) is 0 Å². The summed E-state index contributed by atoms with van der Waals surface area (Å²) < 4.78 is 3.44. The summed E-state index contributed by atoms with van der Waals surface area (Å²) in [5.74, 6) is 0.393. The number of hydrogen-bond acceptors (Lipinski definition) is 4. The van der Waals surface area contributed by atoms with Crippen molar-refractivity contribution >= 4 is 11.6 Å². The minimum absolute atomic E-state index is 0.172. The largest absolute Gasteiger partial charge is 0.397 e. The molecule has 7 nitrogen and oxygen atoms in total. The van der Waals surface area contributed by atoms with Crippen LogP contribution in [-0.2, 0) is 13.6 Å². The second kappa shape index (κ2) is 5.13. The molecule has 0 aromatic carbocycles. The first kappa shape index (κ1) is 13.1. The van der Waals surface area contributed by atoms with Crippen LogP contribution in [-0.4, -0.2) is 25.2 Å². The molecule has 3 N–H and O–H groups in total. The molecule has 0 aliphatic rings. The number of nitrogens with one attached hydrogen (secondary N) is 1. The third-order valence-electron chi connectivity index (χ3n) is 2.71. The van der Waals surface area contributed by atoms with E-state index in [2.05, 4.69) is 15.4 Å². The van der Waals surface area contributed by atoms with Gasteiger partial charge in [-0.3, -0.25) is 9.48 Å². The van der Waals surface area contributed by atoms with Gasteiger partial charge < -0.3 is 15.6 Å². The molecule has 19 heavy (non-hydrogen) atoms. The summed E-state index contributed by atoms with van der Waals surface area (Å²) in [4.78, 5) is 16.2. The molecule has 0 spiro atoms. The van der Waals surface area contributed by atoms with Gasteiger partial charge in [0.15, 0.2) is 5.82 Å². The zero-order chi connectivity index (χ0) is 14.0. The van der Waals surface area contributed by atoms with Crippen molar-refractivity contribution in [3.05, 3.63) is 30.1 Å². The Morgan fingerprint density at radius 3 is 2.84 bits per heavy atom. The molecule has 0 atom stereocenters. The van der Waals surface area contributed by atoms with Gasteiger partial charge in [0.25, 0.3) is 5.91 Å². The van der Waals surface area contributed by atoms with Gasteiger partial charge in [-0.1, -0.05) is 0 Å². The fraction of sp³-hybridized carbons (Fsp3) is 0.417. The molecular formula is C12H18N6O. The Morgan fingerprint density at radius 1 is 1.53 bits per heavy atom. The minimum Gasteiger partial charge on any atom is -0.397 e.